The molecule has 1 aromatic heterocycles. The van der Waals surface area contributed by atoms with E-state index in [1.54, 1.807) is 24.3 Å². The Balaban J connectivity index is 1.67. The zero-order valence-electron chi connectivity index (χ0n) is 12.0. The second-order valence-corrected chi connectivity index (χ2v) is 5.23. The molecular weight excluding hydrogens is 284 g/mol. The number of rotatable bonds is 4. The van der Waals surface area contributed by atoms with Gasteiger partial charge in [-0.15, -0.1) is 0 Å². The first-order valence-corrected chi connectivity index (χ1v) is 7.02. The number of nitrogens with one attached hydrogen (secondary N) is 2. The van der Waals surface area contributed by atoms with E-state index in [-0.39, 0.29) is 24.0 Å². The lowest BCUT2D eigenvalue weighted by Crippen LogP contribution is -2.24. The second-order valence-electron chi connectivity index (χ2n) is 5.23. The molecule has 1 fully saturated rings. The van der Waals surface area contributed by atoms with E-state index >= 15 is 0 Å². The molecule has 22 heavy (non-hydrogen) atoms. The Morgan fingerprint density at radius 1 is 1.27 bits per heavy atom. The molecule has 1 saturated heterocycles. The van der Waals surface area contributed by atoms with Crippen molar-refractivity contribution in [2.75, 3.05) is 10.6 Å². The van der Waals surface area contributed by atoms with Crippen LogP contribution < -0.4 is 10.6 Å². The number of benzene rings is 1. The number of carbonyl (C=O) groups is 2. The van der Waals surface area contributed by atoms with E-state index in [1.165, 1.54) is 12.5 Å². The average molecular weight is 300 g/mol. The van der Waals surface area contributed by atoms with Crippen molar-refractivity contribution in [3.8, 4) is 0 Å². The average Bonchev–Trinajstić information content (AvgIpc) is 3.10. The summed E-state index contributed by atoms with van der Waals surface area (Å²) in [5.41, 5.74) is 1.84. The monoisotopic (exact) mass is 300 g/mol. The predicted octanol–water partition coefficient (Wildman–Crippen LogP) is 2.65. The minimum absolute atomic E-state index is 0.0750. The number of carbonyl (C=O) groups excluding carboxylic acids is 2. The minimum atomic E-state index is -0.352. The Morgan fingerprint density at radius 3 is 2.77 bits per heavy atom. The smallest absolute Gasteiger partial charge is 0.328 e. The molecule has 1 aliphatic rings. The predicted molar refractivity (Wildman–Crippen MR) is 80.7 cm³/mol. The lowest BCUT2D eigenvalue weighted by Gasteiger charge is -2.12. The van der Waals surface area contributed by atoms with Crippen LogP contribution in [-0.2, 0) is 9.53 Å². The van der Waals surface area contributed by atoms with Crippen molar-refractivity contribution in [3.05, 3.63) is 48.4 Å². The third-order valence-electron chi connectivity index (χ3n) is 3.41. The van der Waals surface area contributed by atoms with Gasteiger partial charge in [-0.1, -0.05) is 6.07 Å². The molecule has 0 radical (unpaired) electrons. The highest BCUT2D eigenvalue weighted by Gasteiger charge is 2.31. The van der Waals surface area contributed by atoms with Gasteiger partial charge in [-0.05, 0) is 31.2 Å². The number of hydrogen-bond acceptors (Lipinski definition) is 5. The molecule has 0 aliphatic carbocycles. The summed E-state index contributed by atoms with van der Waals surface area (Å²) in [5.74, 6) is -0.500. The Labute approximate surface area is 127 Å². The molecule has 1 aromatic carbocycles. The first-order valence-electron chi connectivity index (χ1n) is 7.02. The van der Waals surface area contributed by atoms with Gasteiger partial charge in [-0.2, -0.15) is 0 Å². The van der Waals surface area contributed by atoms with Gasteiger partial charge in [0.25, 0.3) is 5.91 Å². The number of amides is 1. The minimum Gasteiger partial charge on any atom is -0.472 e. The number of anilines is 2. The van der Waals surface area contributed by atoms with Crippen molar-refractivity contribution >= 4 is 23.3 Å². The summed E-state index contributed by atoms with van der Waals surface area (Å²) >= 11 is 0. The van der Waals surface area contributed by atoms with E-state index in [2.05, 4.69) is 10.6 Å². The van der Waals surface area contributed by atoms with Crippen LogP contribution in [0.25, 0.3) is 0 Å². The van der Waals surface area contributed by atoms with Crippen molar-refractivity contribution < 1.29 is 18.7 Å². The van der Waals surface area contributed by atoms with Gasteiger partial charge in [0.2, 0.25) is 0 Å². The molecule has 0 saturated carbocycles. The number of furan rings is 1. The molecule has 2 aromatic rings. The maximum Gasteiger partial charge on any atom is 0.328 e. The molecule has 114 valence electrons. The molecule has 0 bridgehead atoms. The quantitative estimate of drug-likeness (QED) is 0.848. The van der Waals surface area contributed by atoms with Crippen molar-refractivity contribution in [2.45, 2.75) is 25.5 Å². The standard InChI is InChI=1S/C16H16N2O4/c1-10-7-14(16(20)22-10)17-12-3-2-4-13(8-12)18-15(19)11-5-6-21-9-11/h2-6,8-10,14,17H,7H2,1H3,(H,18,19). The van der Waals surface area contributed by atoms with Gasteiger partial charge < -0.3 is 19.8 Å². The topological polar surface area (TPSA) is 80.6 Å². The van der Waals surface area contributed by atoms with Crippen LogP contribution in [0.4, 0.5) is 11.4 Å². The van der Waals surface area contributed by atoms with E-state index in [0.29, 0.717) is 17.7 Å². The molecule has 0 spiro atoms. The SMILES string of the molecule is CC1CC(Nc2cccc(NC(=O)c3ccoc3)c2)C(=O)O1. The number of ether oxygens (including phenoxy) is 1. The fourth-order valence-electron chi connectivity index (χ4n) is 2.36. The van der Waals surface area contributed by atoms with Gasteiger partial charge >= 0.3 is 5.97 Å². The zero-order chi connectivity index (χ0) is 15.5. The van der Waals surface area contributed by atoms with Crippen LogP contribution in [-0.4, -0.2) is 24.0 Å². The van der Waals surface area contributed by atoms with Crippen molar-refractivity contribution in [3.63, 3.8) is 0 Å². The highest BCUT2D eigenvalue weighted by atomic mass is 16.6. The lowest BCUT2D eigenvalue weighted by atomic mass is 10.1. The molecule has 6 nitrogen and oxygen atoms in total. The van der Waals surface area contributed by atoms with Crippen LogP contribution in [0.2, 0.25) is 0 Å². The van der Waals surface area contributed by atoms with Crippen molar-refractivity contribution in [1.29, 1.82) is 0 Å². The Kier molecular flexibility index (Phi) is 3.82. The molecule has 6 heteroatoms. The molecule has 2 unspecified atom stereocenters. The summed E-state index contributed by atoms with van der Waals surface area (Å²) < 4.78 is 9.99. The van der Waals surface area contributed by atoms with Crippen LogP contribution in [0, 0.1) is 0 Å². The molecule has 1 aliphatic heterocycles. The van der Waals surface area contributed by atoms with Gasteiger partial charge in [0, 0.05) is 17.8 Å². The normalized spacial score (nSPS) is 20.5. The summed E-state index contributed by atoms with van der Waals surface area (Å²) in [6.07, 6.45) is 3.38. The largest absolute Gasteiger partial charge is 0.472 e. The summed E-state index contributed by atoms with van der Waals surface area (Å²) in [5, 5.41) is 5.90. The zero-order valence-corrected chi connectivity index (χ0v) is 12.0. The van der Waals surface area contributed by atoms with E-state index in [0.717, 1.165) is 5.69 Å². The third-order valence-corrected chi connectivity index (χ3v) is 3.41. The molecule has 1 amide bonds. The molecule has 2 atom stereocenters. The maximum atomic E-state index is 12.0. The first kappa shape index (κ1) is 14.2. The first-order chi connectivity index (χ1) is 10.6. The Bertz CT molecular complexity index is 681. The van der Waals surface area contributed by atoms with E-state index in [1.807, 2.05) is 13.0 Å². The van der Waals surface area contributed by atoms with Crippen LogP contribution in [0.5, 0.6) is 0 Å². The lowest BCUT2D eigenvalue weighted by molar-refractivity contribution is -0.141. The maximum absolute atomic E-state index is 12.0. The Morgan fingerprint density at radius 2 is 2.09 bits per heavy atom. The second kappa shape index (κ2) is 5.93. The molecule has 3 rings (SSSR count). The van der Waals surface area contributed by atoms with Crippen LogP contribution in [0.3, 0.4) is 0 Å². The van der Waals surface area contributed by atoms with Gasteiger partial charge in [0.05, 0.1) is 11.8 Å². The Hall–Kier alpha value is -2.76. The number of hydrogen-bond donors (Lipinski definition) is 2. The molecule has 2 heterocycles. The fraction of sp³-hybridized carbons (Fsp3) is 0.250. The van der Waals surface area contributed by atoms with Crippen LogP contribution in [0.1, 0.15) is 23.7 Å². The van der Waals surface area contributed by atoms with Crippen molar-refractivity contribution in [1.82, 2.24) is 0 Å². The van der Waals surface area contributed by atoms with Crippen LogP contribution in [0.15, 0.2) is 47.3 Å². The van der Waals surface area contributed by atoms with E-state index in [4.69, 9.17) is 9.15 Å². The number of cyclic esters (lactones) is 1. The fourth-order valence-corrected chi connectivity index (χ4v) is 2.36. The third kappa shape index (κ3) is 3.11. The van der Waals surface area contributed by atoms with Gasteiger partial charge in [-0.3, -0.25) is 4.79 Å². The van der Waals surface area contributed by atoms with Gasteiger partial charge in [-0.25, -0.2) is 4.79 Å². The van der Waals surface area contributed by atoms with Gasteiger partial charge in [0.15, 0.2) is 0 Å². The molecule has 2 N–H and O–H groups in total. The summed E-state index contributed by atoms with van der Waals surface area (Å²) in [6.45, 7) is 1.86. The summed E-state index contributed by atoms with van der Waals surface area (Å²) in [7, 11) is 0. The summed E-state index contributed by atoms with van der Waals surface area (Å²) in [6, 6.07) is 8.43. The van der Waals surface area contributed by atoms with Crippen LogP contribution >= 0.6 is 0 Å². The van der Waals surface area contributed by atoms with Gasteiger partial charge in [0.1, 0.15) is 18.4 Å². The highest BCUT2D eigenvalue weighted by Crippen LogP contribution is 2.22. The van der Waals surface area contributed by atoms with E-state index in [9.17, 15) is 9.59 Å². The molecular formula is C16H16N2O4. The van der Waals surface area contributed by atoms with Crippen molar-refractivity contribution in [2.24, 2.45) is 0 Å². The highest BCUT2D eigenvalue weighted by molar-refractivity contribution is 6.04. The summed E-state index contributed by atoms with van der Waals surface area (Å²) in [4.78, 5) is 23.6. The number of esters is 1. The van der Waals surface area contributed by atoms with E-state index < -0.39 is 0 Å².